The number of hydrogen-bond donors (Lipinski definition) is 0. The third-order valence-corrected chi connectivity index (χ3v) is 3.52. The molecule has 0 heterocycles. The third-order valence-electron chi connectivity index (χ3n) is 2.35. The van der Waals surface area contributed by atoms with Gasteiger partial charge in [0.05, 0.1) is 0 Å². The summed E-state index contributed by atoms with van der Waals surface area (Å²) in [6.45, 7) is 9.67. The predicted molar refractivity (Wildman–Crippen MR) is 116 cm³/mol. The maximum absolute atomic E-state index is 3.56. The van der Waals surface area contributed by atoms with Crippen molar-refractivity contribution >= 4 is 63.5 Å². The van der Waals surface area contributed by atoms with E-state index in [-0.39, 0.29) is 41.0 Å². The van der Waals surface area contributed by atoms with Gasteiger partial charge in [-0.2, -0.15) is 0 Å². The van der Waals surface area contributed by atoms with E-state index in [0.717, 1.165) is 0 Å². The van der Waals surface area contributed by atoms with Gasteiger partial charge in [-0.05, 0) is 66.1 Å². The summed E-state index contributed by atoms with van der Waals surface area (Å²) in [4.78, 5) is 0. The summed E-state index contributed by atoms with van der Waals surface area (Å²) >= 11 is 2.38. The summed E-state index contributed by atoms with van der Waals surface area (Å²) in [5.41, 5.74) is 5.15. The first-order chi connectivity index (χ1) is 8.52. The van der Waals surface area contributed by atoms with E-state index in [1.807, 2.05) is 19.9 Å². The Morgan fingerprint density at radius 2 is 1.45 bits per heavy atom. The van der Waals surface area contributed by atoms with Crippen molar-refractivity contribution in [2.75, 3.05) is 0 Å². The van der Waals surface area contributed by atoms with E-state index >= 15 is 0 Å². The molecule has 0 spiro atoms. The van der Waals surface area contributed by atoms with E-state index in [9.17, 15) is 0 Å². The first kappa shape index (κ1) is 22.4. The number of benzene rings is 2. The molecular formula is C17H21BrI2. The normalized spacial score (nSPS) is 8.40. The summed E-state index contributed by atoms with van der Waals surface area (Å²) in [6.07, 6.45) is 0. The van der Waals surface area contributed by atoms with E-state index in [4.69, 9.17) is 0 Å². The lowest BCUT2D eigenvalue weighted by molar-refractivity contribution is 1.42. The summed E-state index contributed by atoms with van der Waals surface area (Å²) < 4.78 is 1.32. The Morgan fingerprint density at radius 1 is 0.950 bits per heavy atom. The summed E-state index contributed by atoms with van der Waals surface area (Å²) in [5, 5.41) is 0. The molecule has 20 heavy (non-hydrogen) atoms. The molecule has 0 fully saturated rings. The van der Waals surface area contributed by atoms with Gasteiger partial charge >= 0.3 is 0 Å². The molecule has 110 valence electrons. The van der Waals surface area contributed by atoms with Crippen molar-refractivity contribution < 1.29 is 0 Å². The average molecular weight is 559 g/mol. The predicted octanol–water partition coefficient (Wildman–Crippen LogP) is 7.04. The topological polar surface area (TPSA) is 0 Å². The van der Waals surface area contributed by atoms with Gasteiger partial charge < -0.3 is 0 Å². The van der Waals surface area contributed by atoms with E-state index < -0.39 is 0 Å². The van der Waals surface area contributed by atoms with Crippen LogP contribution in [0.25, 0.3) is 11.1 Å². The smallest absolute Gasteiger partial charge is 0.0165 e. The first-order valence-electron chi connectivity index (χ1n) is 5.95. The summed E-state index contributed by atoms with van der Waals surface area (Å²) in [7, 11) is 0. The summed E-state index contributed by atoms with van der Waals surface area (Å²) in [6, 6.07) is 16.9. The van der Waals surface area contributed by atoms with Crippen molar-refractivity contribution in [3.05, 3.63) is 69.8 Å². The second kappa shape index (κ2) is 11.7. The van der Waals surface area contributed by atoms with Crippen LogP contribution in [0.3, 0.4) is 0 Å². The van der Waals surface area contributed by atoms with Crippen LogP contribution in [0.5, 0.6) is 0 Å². The lowest BCUT2D eigenvalue weighted by Crippen LogP contribution is -1.85. The Labute approximate surface area is 164 Å². The van der Waals surface area contributed by atoms with Crippen LogP contribution in [0.4, 0.5) is 0 Å². The molecule has 0 amide bonds. The number of halogens is 3. The Kier molecular flexibility index (Phi) is 13.2. The Hall–Kier alpha value is 0.120. The van der Waals surface area contributed by atoms with Gasteiger partial charge in [0.1, 0.15) is 0 Å². The molecule has 0 atom stereocenters. The highest BCUT2D eigenvalue weighted by atomic mass is 127. The van der Waals surface area contributed by atoms with Gasteiger partial charge in [-0.3, -0.25) is 0 Å². The van der Waals surface area contributed by atoms with Gasteiger partial charge in [0, 0.05) is 3.57 Å². The Bertz CT molecular complexity index is 518. The molecule has 2 aromatic carbocycles. The quantitative estimate of drug-likeness (QED) is 0.260. The Balaban J connectivity index is 0. The van der Waals surface area contributed by atoms with Crippen molar-refractivity contribution in [3.8, 4) is 11.1 Å². The molecule has 2 aromatic rings. The lowest BCUT2D eigenvalue weighted by atomic mass is 10.0. The highest BCUT2D eigenvalue weighted by molar-refractivity contribution is 14.1. The minimum Gasteiger partial charge on any atom is -0.114 e. The molecule has 0 nitrogen and oxygen atoms in total. The zero-order valence-electron chi connectivity index (χ0n) is 12.0. The van der Waals surface area contributed by atoms with Crippen LogP contribution in [0.15, 0.2) is 60.7 Å². The van der Waals surface area contributed by atoms with Crippen LogP contribution in [0.2, 0.25) is 0 Å². The van der Waals surface area contributed by atoms with Gasteiger partial charge in [-0.1, -0.05) is 48.0 Å². The first-order valence-corrected chi connectivity index (χ1v) is 7.03. The van der Waals surface area contributed by atoms with Crippen molar-refractivity contribution in [2.24, 2.45) is 0 Å². The third kappa shape index (κ3) is 7.78. The van der Waals surface area contributed by atoms with Crippen LogP contribution < -0.4 is 0 Å². The van der Waals surface area contributed by atoms with Gasteiger partial charge in [-0.15, -0.1) is 47.5 Å². The van der Waals surface area contributed by atoms with Gasteiger partial charge in [0.25, 0.3) is 0 Å². The van der Waals surface area contributed by atoms with Crippen LogP contribution in [-0.2, 0) is 0 Å². The van der Waals surface area contributed by atoms with Crippen molar-refractivity contribution in [2.45, 2.75) is 20.8 Å². The highest BCUT2D eigenvalue weighted by Gasteiger charge is 2.02. The van der Waals surface area contributed by atoms with E-state index in [1.165, 1.54) is 25.8 Å². The van der Waals surface area contributed by atoms with Crippen LogP contribution in [0.1, 0.15) is 19.4 Å². The molecule has 0 N–H and O–H groups in total. The SMILES string of the molecule is Br.C=C(C)C.Cc1c(I)cccc1-c1ccccc1.I. The van der Waals surface area contributed by atoms with Crippen LogP contribution in [0, 0.1) is 10.5 Å². The van der Waals surface area contributed by atoms with E-state index in [1.54, 1.807) is 0 Å². The molecule has 0 radical (unpaired) electrons. The van der Waals surface area contributed by atoms with Crippen molar-refractivity contribution in [1.29, 1.82) is 0 Å². The molecule has 2 rings (SSSR count). The minimum atomic E-state index is 0. The molecule has 0 bridgehead atoms. The maximum atomic E-state index is 3.56. The average Bonchev–Trinajstić information content (AvgIpc) is 2.33. The Morgan fingerprint density at radius 3 is 1.95 bits per heavy atom. The number of hydrogen-bond acceptors (Lipinski definition) is 0. The molecule has 0 aromatic heterocycles. The molecule has 0 saturated carbocycles. The molecular weight excluding hydrogens is 538 g/mol. The van der Waals surface area contributed by atoms with Crippen LogP contribution in [-0.4, -0.2) is 0 Å². The van der Waals surface area contributed by atoms with Crippen LogP contribution >= 0.6 is 63.5 Å². The van der Waals surface area contributed by atoms with Gasteiger partial charge in [-0.25, -0.2) is 0 Å². The van der Waals surface area contributed by atoms with Gasteiger partial charge in [0.15, 0.2) is 0 Å². The fourth-order valence-corrected chi connectivity index (χ4v) is 2.04. The summed E-state index contributed by atoms with van der Waals surface area (Å²) in [5.74, 6) is 0. The largest absolute Gasteiger partial charge is 0.114 e. The molecule has 0 aliphatic heterocycles. The van der Waals surface area contributed by atoms with E-state index in [0.29, 0.717) is 0 Å². The highest BCUT2D eigenvalue weighted by Crippen LogP contribution is 2.25. The molecule has 0 saturated heterocycles. The molecule has 0 aliphatic rings. The molecule has 0 unspecified atom stereocenters. The van der Waals surface area contributed by atoms with Crippen molar-refractivity contribution in [1.82, 2.24) is 0 Å². The van der Waals surface area contributed by atoms with Gasteiger partial charge in [0.2, 0.25) is 0 Å². The monoisotopic (exact) mass is 558 g/mol. The number of allylic oxidation sites excluding steroid dienone is 1. The molecule has 0 aliphatic carbocycles. The fourth-order valence-electron chi connectivity index (χ4n) is 1.54. The standard InChI is InChI=1S/C13H11I.C4H8.BrH.HI/c1-10-12(8-5-9-13(10)14)11-6-3-2-4-7-11;1-4(2)3;;/h2-9H,1H3;1H2,2-3H3;2*1H. The second-order valence-corrected chi connectivity index (χ2v) is 5.65. The number of rotatable bonds is 1. The minimum absolute atomic E-state index is 0. The maximum Gasteiger partial charge on any atom is 0.0165 e. The lowest BCUT2D eigenvalue weighted by Gasteiger charge is -2.07. The zero-order valence-corrected chi connectivity index (χ0v) is 18.2. The zero-order chi connectivity index (χ0) is 13.5. The second-order valence-electron chi connectivity index (χ2n) is 4.49. The fraction of sp³-hybridized carbons (Fsp3) is 0.176. The van der Waals surface area contributed by atoms with E-state index in [2.05, 4.69) is 78.6 Å². The molecule has 3 heteroatoms. The van der Waals surface area contributed by atoms with Crippen molar-refractivity contribution in [3.63, 3.8) is 0 Å².